The summed E-state index contributed by atoms with van der Waals surface area (Å²) in [5.41, 5.74) is 6.76. The number of nitrogens with one attached hydrogen (secondary N) is 3. The maximum Gasteiger partial charge on any atom is 0.319 e. The normalized spacial score (nSPS) is 13.8. The lowest BCUT2D eigenvalue weighted by atomic mass is 10.1. The van der Waals surface area contributed by atoms with Crippen LogP contribution >= 0.6 is 0 Å². The van der Waals surface area contributed by atoms with Crippen molar-refractivity contribution in [3.05, 3.63) is 12.1 Å². The van der Waals surface area contributed by atoms with Crippen LogP contribution in [0.5, 0.6) is 5.75 Å². The summed E-state index contributed by atoms with van der Waals surface area (Å²) < 4.78 is 5.24. The van der Waals surface area contributed by atoms with E-state index in [4.69, 9.17) is 10.5 Å². The van der Waals surface area contributed by atoms with Gasteiger partial charge in [-0.3, -0.25) is 4.79 Å². The number of anilines is 3. The van der Waals surface area contributed by atoms with Gasteiger partial charge in [0.2, 0.25) is 0 Å². The fraction of sp³-hybridized carbons (Fsp3) is 0.385. The second-order valence-electron chi connectivity index (χ2n) is 5.60. The van der Waals surface area contributed by atoms with Crippen LogP contribution in [0.3, 0.4) is 0 Å². The average Bonchev–Trinajstić information content (AvgIpc) is 2.28. The fourth-order valence-electron chi connectivity index (χ4n) is 1.74. The van der Waals surface area contributed by atoms with Crippen LogP contribution in [0, 0.1) is 0 Å². The Morgan fingerprint density at radius 3 is 2.75 bits per heavy atom. The Hall–Kier alpha value is -2.44. The molecule has 1 aromatic carbocycles. The van der Waals surface area contributed by atoms with Crippen molar-refractivity contribution in [1.82, 2.24) is 5.32 Å². The van der Waals surface area contributed by atoms with E-state index in [-0.39, 0.29) is 24.1 Å². The smallest absolute Gasteiger partial charge is 0.319 e. The zero-order chi connectivity index (χ0) is 14.9. The number of hydrogen-bond donors (Lipinski definition) is 4. The first-order valence-electron chi connectivity index (χ1n) is 6.20. The molecule has 1 aliphatic heterocycles. The van der Waals surface area contributed by atoms with Crippen molar-refractivity contribution in [2.24, 2.45) is 0 Å². The molecule has 0 atom stereocenters. The largest absolute Gasteiger partial charge is 0.482 e. The molecule has 2 rings (SSSR count). The van der Waals surface area contributed by atoms with Gasteiger partial charge in [0.15, 0.2) is 6.61 Å². The molecule has 0 spiro atoms. The van der Waals surface area contributed by atoms with E-state index in [0.29, 0.717) is 22.8 Å². The topological polar surface area (TPSA) is 105 Å². The Kier molecular flexibility index (Phi) is 3.44. The lowest BCUT2D eigenvalue weighted by Crippen LogP contribution is -2.43. The van der Waals surface area contributed by atoms with E-state index in [1.54, 1.807) is 12.1 Å². The highest BCUT2D eigenvalue weighted by Crippen LogP contribution is 2.35. The lowest BCUT2D eigenvalue weighted by molar-refractivity contribution is -0.118. The third-order valence-corrected chi connectivity index (χ3v) is 2.52. The van der Waals surface area contributed by atoms with Gasteiger partial charge in [0.1, 0.15) is 5.75 Å². The van der Waals surface area contributed by atoms with Gasteiger partial charge in [-0.1, -0.05) is 0 Å². The summed E-state index contributed by atoms with van der Waals surface area (Å²) in [7, 11) is 0. The Labute approximate surface area is 116 Å². The molecule has 0 unspecified atom stereocenters. The van der Waals surface area contributed by atoms with E-state index >= 15 is 0 Å². The van der Waals surface area contributed by atoms with Crippen molar-refractivity contribution in [2.75, 3.05) is 23.0 Å². The Bertz CT molecular complexity index is 563. The number of carbonyl (C=O) groups excluding carboxylic acids is 2. The SMILES string of the molecule is CC(C)(C)NC(=O)Nc1cc2c(cc1N)OCC(=O)N2. The van der Waals surface area contributed by atoms with Crippen LogP contribution in [0.25, 0.3) is 0 Å². The van der Waals surface area contributed by atoms with E-state index in [1.807, 2.05) is 20.8 Å². The summed E-state index contributed by atoms with van der Waals surface area (Å²) in [5, 5.41) is 8.07. The molecule has 0 saturated carbocycles. The minimum Gasteiger partial charge on any atom is -0.482 e. The van der Waals surface area contributed by atoms with Gasteiger partial charge in [0, 0.05) is 11.6 Å². The molecule has 3 amide bonds. The molecule has 7 nitrogen and oxygen atoms in total. The van der Waals surface area contributed by atoms with Gasteiger partial charge >= 0.3 is 6.03 Å². The van der Waals surface area contributed by atoms with E-state index in [2.05, 4.69) is 16.0 Å². The fourth-order valence-corrected chi connectivity index (χ4v) is 1.74. The summed E-state index contributed by atoms with van der Waals surface area (Å²) in [6, 6.07) is 2.78. The summed E-state index contributed by atoms with van der Waals surface area (Å²) in [6.07, 6.45) is 0. The number of rotatable bonds is 1. The van der Waals surface area contributed by atoms with Gasteiger partial charge in [-0.25, -0.2) is 4.79 Å². The van der Waals surface area contributed by atoms with Gasteiger partial charge in [-0.05, 0) is 26.8 Å². The molecule has 1 aliphatic rings. The molecule has 1 aromatic rings. The maximum atomic E-state index is 11.8. The molecule has 108 valence electrons. The molecular weight excluding hydrogens is 260 g/mol. The second kappa shape index (κ2) is 4.92. The molecule has 0 radical (unpaired) electrons. The molecule has 20 heavy (non-hydrogen) atoms. The molecule has 1 heterocycles. The molecule has 0 aromatic heterocycles. The van der Waals surface area contributed by atoms with Crippen LogP contribution in [0.15, 0.2) is 12.1 Å². The standard InChI is InChI=1S/C13H18N4O3/c1-13(2,3)17-12(19)16-8-5-9-10(4-7(8)14)20-6-11(18)15-9/h4-5H,6,14H2,1-3H3,(H,15,18)(H2,16,17,19). The van der Waals surface area contributed by atoms with Crippen molar-refractivity contribution in [3.8, 4) is 5.75 Å². The maximum absolute atomic E-state index is 11.8. The monoisotopic (exact) mass is 278 g/mol. The Morgan fingerprint density at radius 1 is 1.40 bits per heavy atom. The third-order valence-electron chi connectivity index (χ3n) is 2.52. The summed E-state index contributed by atoms with van der Waals surface area (Å²) in [5.74, 6) is 0.247. The van der Waals surface area contributed by atoms with Crippen LogP contribution < -0.4 is 26.4 Å². The van der Waals surface area contributed by atoms with Gasteiger partial charge in [0.05, 0.1) is 17.1 Å². The van der Waals surface area contributed by atoms with Crippen LogP contribution in [0.1, 0.15) is 20.8 Å². The van der Waals surface area contributed by atoms with Gasteiger partial charge < -0.3 is 26.4 Å². The first kappa shape index (κ1) is 14.0. The Morgan fingerprint density at radius 2 is 2.10 bits per heavy atom. The number of nitrogen functional groups attached to an aromatic ring is 1. The minimum atomic E-state index is -0.368. The highest BCUT2D eigenvalue weighted by molar-refractivity contribution is 5.99. The summed E-state index contributed by atoms with van der Waals surface area (Å²) in [4.78, 5) is 23.1. The van der Waals surface area contributed by atoms with Gasteiger partial charge in [-0.2, -0.15) is 0 Å². The van der Waals surface area contributed by atoms with E-state index in [1.165, 1.54) is 0 Å². The van der Waals surface area contributed by atoms with E-state index in [9.17, 15) is 9.59 Å². The number of amides is 3. The van der Waals surface area contributed by atoms with E-state index < -0.39 is 0 Å². The van der Waals surface area contributed by atoms with Crippen LogP contribution in [0.4, 0.5) is 21.9 Å². The minimum absolute atomic E-state index is 0.0380. The first-order chi connectivity index (χ1) is 9.24. The van der Waals surface area contributed by atoms with Crippen LogP contribution in [-0.4, -0.2) is 24.1 Å². The number of carbonyl (C=O) groups is 2. The second-order valence-corrected chi connectivity index (χ2v) is 5.60. The predicted octanol–water partition coefficient (Wildman–Crippen LogP) is 1.52. The quantitative estimate of drug-likeness (QED) is 0.584. The highest BCUT2D eigenvalue weighted by atomic mass is 16.5. The molecular formula is C13H18N4O3. The van der Waals surface area contributed by atoms with Crippen molar-refractivity contribution in [1.29, 1.82) is 0 Å². The number of nitrogens with two attached hydrogens (primary N) is 1. The zero-order valence-electron chi connectivity index (χ0n) is 11.7. The number of hydrogen-bond acceptors (Lipinski definition) is 4. The van der Waals surface area contributed by atoms with Crippen molar-refractivity contribution in [2.45, 2.75) is 26.3 Å². The van der Waals surface area contributed by atoms with Crippen molar-refractivity contribution < 1.29 is 14.3 Å². The van der Waals surface area contributed by atoms with Crippen molar-refractivity contribution >= 4 is 29.0 Å². The predicted molar refractivity (Wildman–Crippen MR) is 76.9 cm³/mol. The zero-order valence-corrected chi connectivity index (χ0v) is 11.7. The summed E-state index contributed by atoms with van der Waals surface area (Å²) >= 11 is 0. The first-order valence-corrected chi connectivity index (χ1v) is 6.20. The Balaban J connectivity index is 2.18. The summed E-state index contributed by atoms with van der Waals surface area (Å²) in [6.45, 7) is 5.58. The average molecular weight is 278 g/mol. The van der Waals surface area contributed by atoms with E-state index in [0.717, 1.165) is 0 Å². The van der Waals surface area contributed by atoms with Gasteiger partial charge in [-0.15, -0.1) is 0 Å². The molecule has 0 bridgehead atoms. The molecule has 7 heteroatoms. The molecule has 5 N–H and O–H groups in total. The molecule has 0 aliphatic carbocycles. The molecule has 0 saturated heterocycles. The molecule has 0 fully saturated rings. The van der Waals surface area contributed by atoms with Crippen LogP contribution in [-0.2, 0) is 4.79 Å². The third kappa shape index (κ3) is 3.31. The number of ether oxygens (including phenoxy) is 1. The van der Waals surface area contributed by atoms with Crippen molar-refractivity contribution in [3.63, 3.8) is 0 Å². The van der Waals surface area contributed by atoms with Crippen LogP contribution in [0.2, 0.25) is 0 Å². The number of benzene rings is 1. The number of urea groups is 1. The highest BCUT2D eigenvalue weighted by Gasteiger charge is 2.19. The lowest BCUT2D eigenvalue weighted by Gasteiger charge is -2.23. The van der Waals surface area contributed by atoms with Gasteiger partial charge in [0.25, 0.3) is 5.91 Å². The number of fused-ring (bicyclic) bond motifs is 1.